The first kappa shape index (κ1) is 12.4. The van der Waals surface area contributed by atoms with Crippen LogP contribution in [0.3, 0.4) is 0 Å². The lowest BCUT2D eigenvalue weighted by Crippen LogP contribution is -2.42. The van der Waals surface area contributed by atoms with Gasteiger partial charge in [-0.2, -0.15) is 5.26 Å². The Morgan fingerprint density at radius 3 is 2.54 bits per heavy atom. The summed E-state index contributed by atoms with van der Waals surface area (Å²) in [6, 6.07) is 2.34. The molecule has 0 aromatic rings. The van der Waals surface area contributed by atoms with Gasteiger partial charge in [0.05, 0.1) is 18.1 Å². The number of likely N-dealkylation sites (N-methyl/N-ethyl adjacent to an activating group) is 1. The van der Waals surface area contributed by atoms with E-state index in [1.165, 1.54) is 0 Å². The maximum atomic E-state index is 9.79. The molecule has 0 aromatic carbocycles. The van der Waals surface area contributed by atoms with Gasteiger partial charge in [0.25, 0.3) is 0 Å². The molecule has 0 heterocycles. The first-order chi connectivity index (χ1) is 5.93. The zero-order valence-electron chi connectivity index (χ0n) is 9.04. The van der Waals surface area contributed by atoms with Gasteiger partial charge in [0.1, 0.15) is 0 Å². The largest absolute Gasteiger partial charge is 0.389 e. The van der Waals surface area contributed by atoms with Gasteiger partial charge in [0, 0.05) is 12.6 Å². The predicted octanol–water partition coefficient (Wildman–Crippen LogP) is 1.38. The highest BCUT2D eigenvalue weighted by Gasteiger charge is 2.22. The number of nitrogens with zero attached hydrogens (tertiary/aromatic N) is 2. The van der Waals surface area contributed by atoms with E-state index in [1.54, 1.807) is 0 Å². The van der Waals surface area contributed by atoms with Gasteiger partial charge >= 0.3 is 0 Å². The zero-order valence-corrected chi connectivity index (χ0v) is 9.04. The lowest BCUT2D eigenvalue weighted by molar-refractivity contribution is 0.0146. The molecule has 0 bridgehead atoms. The Hall–Kier alpha value is -0.590. The Morgan fingerprint density at radius 1 is 1.62 bits per heavy atom. The highest BCUT2D eigenvalue weighted by atomic mass is 16.3. The molecule has 0 spiro atoms. The first-order valence-corrected chi connectivity index (χ1v) is 4.72. The summed E-state index contributed by atoms with van der Waals surface area (Å²) >= 11 is 0. The molecule has 1 N–H and O–H groups in total. The van der Waals surface area contributed by atoms with E-state index in [0.29, 0.717) is 13.0 Å². The second-order valence-corrected chi connectivity index (χ2v) is 3.98. The first-order valence-electron chi connectivity index (χ1n) is 4.72. The maximum absolute atomic E-state index is 9.79. The Morgan fingerprint density at radius 2 is 2.15 bits per heavy atom. The van der Waals surface area contributed by atoms with Crippen LogP contribution in [0.1, 0.15) is 33.6 Å². The number of hydrogen-bond donors (Lipinski definition) is 1. The Balaban J connectivity index is 4.00. The molecule has 2 atom stereocenters. The van der Waals surface area contributed by atoms with Crippen molar-refractivity contribution >= 4 is 0 Å². The second kappa shape index (κ2) is 5.21. The fourth-order valence-electron chi connectivity index (χ4n) is 1.09. The van der Waals surface area contributed by atoms with Crippen LogP contribution in [-0.2, 0) is 0 Å². The van der Waals surface area contributed by atoms with Crippen LogP contribution in [0.25, 0.3) is 0 Å². The van der Waals surface area contributed by atoms with Crippen molar-refractivity contribution in [3.05, 3.63) is 0 Å². The molecule has 0 aliphatic heterocycles. The molecule has 76 valence electrons. The van der Waals surface area contributed by atoms with Crippen LogP contribution in [0.5, 0.6) is 0 Å². The summed E-state index contributed by atoms with van der Waals surface area (Å²) in [5, 5.41) is 18.3. The number of aliphatic hydroxyl groups is 1. The van der Waals surface area contributed by atoms with Crippen LogP contribution in [0.4, 0.5) is 0 Å². The third kappa shape index (κ3) is 4.87. The smallest absolute Gasteiger partial charge is 0.0743 e. The lowest BCUT2D eigenvalue weighted by Gasteiger charge is -2.31. The standard InChI is InChI=1S/C10H20N2O/c1-5-10(3,13)8-12(4)9(2)6-7-11/h9,13H,5-6,8H2,1-4H3. The molecule has 0 saturated carbocycles. The minimum atomic E-state index is -0.640. The van der Waals surface area contributed by atoms with Gasteiger partial charge in [0.15, 0.2) is 0 Å². The van der Waals surface area contributed by atoms with Gasteiger partial charge in [-0.1, -0.05) is 6.92 Å². The molecular weight excluding hydrogens is 164 g/mol. The summed E-state index contributed by atoms with van der Waals surface area (Å²) in [4.78, 5) is 2.02. The van der Waals surface area contributed by atoms with Crippen molar-refractivity contribution in [1.82, 2.24) is 4.90 Å². The summed E-state index contributed by atoms with van der Waals surface area (Å²) in [5.41, 5.74) is -0.640. The second-order valence-electron chi connectivity index (χ2n) is 3.98. The fraction of sp³-hybridized carbons (Fsp3) is 0.900. The fourth-order valence-corrected chi connectivity index (χ4v) is 1.09. The van der Waals surface area contributed by atoms with E-state index in [-0.39, 0.29) is 6.04 Å². The van der Waals surface area contributed by atoms with Gasteiger partial charge in [-0.15, -0.1) is 0 Å². The summed E-state index contributed by atoms with van der Waals surface area (Å²) in [5.74, 6) is 0. The molecule has 0 saturated heterocycles. The Bertz CT molecular complexity index is 184. The number of nitriles is 1. The van der Waals surface area contributed by atoms with Crippen molar-refractivity contribution in [2.75, 3.05) is 13.6 Å². The van der Waals surface area contributed by atoms with Gasteiger partial charge < -0.3 is 5.11 Å². The van der Waals surface area contributed by atoms with Crippen molar-refractivity contribution in [3.8, 4) is 6.07 Å². The van der Waals surface area contributed by atoms with E-state index in [1.807, 2.05) is 32.7 Å². The molecule has 2 unspecified atom stereocenters. The zero-order chi connectivity index (χ0) is 10.5. The molecule has 3 heteroatoms. The van der Waals surface area contributed by atoms with Gasteiger partial charge in [0.2, 0.25) is 0 Å². The average Bonchev–Trinajstić information content (AvgIpc) is 2.04. The van der Waals surface area contributed by atoms with E-state index in [0.717, 1.165) is 6.42 Å². The number of hydrogen-bond acceptors (Lipinski definition) is 3. The van der Waals surface area contributed by atoms with E-state index in [4.69, 9.17) is 5.26 Å². The van der Waals surface area contributed by atoms with E-state index in [9.17, 15) is 5.11 Å². The van der Waals surface area contributed by atoms with Crippen molar-refractivity contribution in [2.24, 2.45) is 0 Å². The molecule has 0 aliphatic rings. The van der Waals surface area contributed by atoms with Gasteiger partial charge in [-0.25, -0.2) is 0 Å². The normalized spacial score (nSPS) is 17.9. The number of rotatable bonds is 5. The van der Waals surface area contributed by atoms with Crippen molar-refractivity contribution in [1.29, 1.82) is 5.26 Å². The van der Waals surface area contributed by atoms with Crippen LogP contribution in [0, 0.1) is 11.3 Å². The highest BCUT2D eigenvalue weighted by molar-refractivity contribution is 4.82. The molecule has 0 aromatic heterocycles. The van der Waals surface area contributed by atoms with Crippen molar-refractivity contribution in [3.63, 3.8) is 0 Å². The predicted molar refractivity (Wildman–Crippen MR) is 53.2 cm³/mol. The van der Waals surface area contributed by atoms with E-state index in [2.05, 4.69) is 6.07 Å². The SMILES string of the molecule is CCC(C)(O)CN(C)C(C)CC#N. The van der Waals surface area contributed by atoms with Crippen molar-refractivity contribution in [2.45, 2.75) is 45.3 Å². The van der Waals surface area contributed by atoms with Crippen LogP contribution in [0.15, 0.2) is 0 Å². The minimum Gasteiger partial charge on any atom is -0.389 e. The summed E-state index contributed by atoms with van der Waals surface area (Å²) in [6.45, 7) is 6.40. The van der Waals surface area contributed by atoms with Gasteiger partial charge in [-0.3, -0.25) is 4.90 Å². The quantitative estimate of drug-likeness (QED) is 0.702. The molecule has 0 amide bonds. The minimum absolute atomic E-state index is 0.211. The third-order valence-corrected chi connectivity index (χ3v) is 2.49. The summed E-state index contributed by atoms with van der Waals surface area (Å²) < 4.78 is 0. The molecule has 0 radical (unpaired) electrons. The van der Waals surface area contributed by atoms with Crippen LogP contribution < -0.4 is 0 Å². The average molecular weight is 184 g/mol. The molecule has 3 nitrogen and oxygen atoms in total. The lowest BCUT2D eigenvalue weighted by atomic mass is 10.0. The van der Waals surface area contributed by atoms with E-state index < -0.39 is 5.60 Å². The molecule has 0 rings (SSSR count). The third-order valence-electron chi connectivity index (χ3n) is 2.49. The highest BCUT2D eigenvalue weighted by Crippen LogP contribution is 2.12. The molecule has 13 heavy (non-hydrogen) atoms. The van der Waals surface area contributed by atoms with Crippen LogP contribution in [0.2, 0.25) is 0 Å². The van der Waals surface area contributed by atoms with Gasteiger partial charge in [-0.05, 0) is 27.3 Å². The Labute approximate surface area is 81.0 Å². The van der Waals surface area contributed by atoms with E-state index >= 15 is 0 Å². The monoisotopic (exact) mass is 184 g/mol. The molecule has 0 aliphatic carbocycles. The van der Waals surface area contributed by atoms with Crippen LogP contribution >= 0.6 is 0 Å². The molecule has 0 fully saturated rings. The maximum Gasteiger partial charge on any atom is 0.0743 e. The topological polar surface area (TPSA) is 47.3 Å². The Kier molecular flexibility index (Phi) is 4.97. The van der Waals surface area contributed by atoms with Crippen LogP contribution in [-0.4, -0.2) is 35.2 Å². The molecular formula is C10H20N2O. The summed E-state index contributed by atoms with van der Waals surface area (Å²) in [7, 11) is 1.94. The van der Waals surface area contributed by atoms with Crippen molar-refractivity contribution < 1.29 is 5.11 Å². The summed E-state index contributed by atoms with van der Waals surface area (Å²) in [6.07, 6.45) is 1.24.